The minimum absolute atomic E-state index is 0.0564. The summed E-state index contributed by atoms with van der Waals surface area (Å²) in [6, 6.07) is 0. The summed E-state index contributed by atoms with van der Waals surface area (Å²) in [5.74, 6) is -0.793. The molecule has 0 radical (unpaired) electrons. The normalized spacial score (nSPS) is 19.7. The molecular formula is C16H19N3O6S. The zero-order valence-corrected chi connectivity index (χ0v) is 15.4. The number of nitrogens with zero attached hydrogens (tertiary/aromatic N) is 2. The summed E-state index contributed by atoms with van der Waals surface area (Å²) in [5, 5.41) is 12.8. The van der Waals surface area contributed by atoms with E-state index in [1.165, 1.54) is 14.2 Å². The molecule has 10 heteroatoms. The first-order chi connectivity index (χ1) is 12.4. The SMILES string of the molecule is COCc1nc(OC)c2c(C)c(C(=O)NC3(C(=O)O)CCOC3)sc2n1. The molecule has 1 aliphatic heterocycles. The number of ether oxygens (including phenoxy) is 3. The second-order valence-corrected chi connectivity index (χ2v) is 6.96. The Hall–Kier alpha value is -2.30. The quantitative estimate of drug-likeness (QED) is 0.764. The Balaban J connectivity index is 2.01. The molecule has 26 heavy (non-hydrogen) atoms. The number of carbonyl (C=O) groups is 2. The van der Waals surface area contributed by atoms with Gasteiger partial charge in [0.15, 0.2) is 11.4 Å². The number of aromatic nitrogens is 2. The molecule has 2 N–H and O–H groups in total. The molecule has 1 aliphatic rings. The third-order valence-corrected chi connectivity index (χ3v) is 5.44. The summed E-state index contributed by atoms with van der Waals surface area (Å²) in [4.78, 5) is 34.0. The van der Waals surface area contributed by atoms with Gasteiger partial charge in [-0.05, 0) is 12.5 Å². The van der Waals surface area contributed by atoms with E-state index in [-0.39, 0.29) is 26.2 Å². The van der Waals surface area contributed by atoms with Crippen molar-refractivity contribution in [2.45, 2.75) is 25.5 Å². The maximum absolute atomic E-state index is 12.8. The van der Waals surface area contributed by atoms with Gasteiger partial charge >= 0.3 is 5.97 Å². The van der Waals surface area contributed by atoms with E-state index < -0.39 is 17.4 Å². The molecule has 3 rings (SSSR count). The minimum Gasteiger partial charge on any atom is -0.480 e. The topological polar surface area (TPSA) is 120 Å². The van der Waals surface area contributed by atoms with Gasteiger partial charge in [-0.1, -0.05) is 0 Å². The zero-order valence-electron chi connectivity index (χ0n) is 14.6. The van der Waals surface area contributed by atoms with E-state index >= 15 is 0 Å². The highest BCUT2D eigenvalue weighted by Gasteiger charge is 2.44. The Labute approximate surface area is 153 Å². The Kier molecular flexibility index (Phi) is 5.08. The Morgan fingerprint density at radius 2 is 2.15 bits per heavy atom. The fourth-order valence-electron chi connectivity index (χ4n) is 2.86. The predicted molar refractivity (Wildman–Crippen MR) is 92.7 cm³/mol. The second kappa shape index (κ2) is 7.14. The van der Waals surface area contributed by atoms with Crippen LogP contribution in [0.4, 0.5) is 0 Å². The summed E-state index contributed by atoms with van der Waals surface area (Å²) in [6.07, 6.45) is 0.221. The third kappa shape index (κ3) is 3.11. The summed E-state index contributed by atoms with van der Waals surface area (Å²) in [6.45, 7) is 2.20. The van der Waals surface area contributed by atoms with Crippen molar-refractivity contribution < 1.29 is 28.9 Å². The van der Waals surface area contributed by atoms with E-state index in [9.17, 15) is 14.7 Å². The van der Waals surface area contributed by atoms with Crippen molar-refractivity contribution in [1.29, 1.82) is 0 Å². The number of hydrogen-bond acceptors (Lipinski definition) is 8. The third-order valence-electron chi connectivity index (χ3n) is 4.26. The lowest BCUT2D eigenvalue weighted by atomic mass is 9.99. The van der Waals surface area contributed by atoms with Gasteiger partial charge in [0.2, 0.25) is 5.88 Å². The van der Waals surface area contributed by atoms with E-state index in [0.29, 0.717) is 32.4 Å². The first kappa shape index (κ1) is 18.5. The van der Waals surface area contributed by atoms with Crippen LogP contribution in [0.5, 0.6) is 5.88 Å². The van der Waals surface area contributed by atoms with Crippen LogP contribution < -0.4 is 10.1 Å². The van der Waals surface area contributed by atoms with Gasteiger partial charge in [0.05, 0.1) is 24.0 Å². The van der Waals surface area contributed by atoms with Crippen LogP contribution in [0.25, 0.3) is 10.2 Å². The monoisotopic (exact) mass is 381 g/mol. The molecule has 0 bridgehead atoms. The van der Waals surface area contributed by atoms with Crippen molar-refractivity contribution in [1.82, 2.24) is 15.3 Å². The zero-order chi connectivity index (χ0) is 18.9. The molecular weight excluding hydrogens is 362 g/mol. The van der Waals surface area contributed by atoms with Crippen LogP contribution in [-0.4, -0.2) is 59.9 Å². The first-order valence-corrected chi connectivity index (χ1v) is 8.70. The van der Waals surface area contributed by atoms with Crippen molar-refractivity contribution >= 4 is 33.4 Å². The Morgan fingerprint density at radius 3 is 2.73 bits per heavy atom. The molecule has 140 valence electrons. The average molecular weight is 381 g/mol. The molecule has 1 unspecified atom stereocenters. The van der Waals surface area contributed by atoms with E-state index in [1.54, 1.807) is 6.92 Å². The van der Waals surface area contributed by atoms with Crippen molar-refractivity contribution in [3.8, 4) is 5.88 Å². The minimum atomic E-state index is -1.41. The van der Waals surface area contributed by atoms with Crippen LogP contribution in [-0.2, 0) is 20.9 Å². The molecule has 2 aromatic rings. The lowest BCUT2D eigenvalue weighted by Gasteiger charge is -2.23. The van der Waals surface area contributed by atoms with E-state index in [1.807, 2.05) is 0 Å². The number of rotatable bonds is 6. The molecule has 0 spiro atoms. The van der Waals surface area contributed by atoms with Crippen LogP contribution in [0.15, 0.2) is 0 Å². The molecule has 9 nitrogen and oxygen atoms in total. The summed E-state index contributed by atoms with van der Waals surface area (Å²) in [7, 11) is 3.03. The van der Waals surface area contributed by atoms with Gasteiger partial charge in [0, 0.05) is 20.1 Å². The van der Waals surface area contributed by atoms with Gasteiger partial charge < -0.3 is 24.6 Å². The van der Waals surface area contributed by atoms with E-state index in [4.69, 9.17) is 14.2 Å². The lowest BCUT2D eigenvalue weighted by Crippen LogP contribution is -2.55. The number of carbonyl (C=O) groups excluding carboxylic acids is 1. The van der Waals surface area contributed by atoms with Crippen molar-refractivity contribution in [2.24, 2.45) is 0 Å². The number of nitrogens with one attached hydrogen (secondary N) is 1. The number of carboxylic acid groups (broad SMARTS) is 1. The van der Waals surface area contributed by atoms with Crippen molar-refractivity contribution in [3.05, 3.63) is 16.3 Å². The maximum atomic E-state index is 12.8. The standard InChI is InChI=1S/C16H19N3O6S/c1-8-10-13(24-3)17-9(6-23-2)18-14(10)26-11(8)12(20)19-16(15(21)22)4-5-25-7-16/h4-7H2,1-3H3,(H,19,20)(H,21,22). The molecule has 0 aromatic carbocycles. The largest absolute Gasteiger partial charge is 0.480 e. The molecule has 0 aliphatic carbocycles. The molecule has 1 amide bonds. The second-order valence-electron chi connectivity index (χ2n) is 5.96. The van der Waals surface area contributed by atoms with E-state index in [0.717, 1.165) is 11.3 Å². The number of methoxy groups -OCH3 is 2. The highest BCUT2D eigenvalue weighted by atomic mass is 32.1. The summed E-state index contributed by atoms with van der Waals surface area (Å²) < 4.78 is 15.6. The fourth-order valence-corrected chi connectivity index (χ4v) is 3.95. The Morgan fingerprint density at radius 1 is 1.38 bits per heavy atom. The van der Waals surface area contributed by atoms with Gasteiger partial charge in [0.1, 0.15) is 11.4 Å². The number of hydrogen-bond donors (Lipinski definition) is 2. The number of amides is 1. The van der Waals surface area contributed by atoms with Gasteiger partial charge in [-0.2, -0.15) is 4.98 Å². The van der Waals surface area contributed by atoms with Crippen LogP contribution in [0, 0.1) is 6.92 Å². The van der Waals surface area contributed by atoms with Gasteiger partial charge in [-0.15, -0.1) is 11.3 Å². The number of aryl methyl sites for hydroxylation is 1. The van der Waals surface area contributed by atoms with Crippen LogP contribution in [0.3, 0.4) is 0 Å². The van der Waals surface area contributed by atoms with Crippen molar-refractivity contribution in [2.75, 3.05) is 27.4 Å². The highest BCUT2D eigenvalue weighted by molar-refractivity contribution is 7.20. The van der Waals surface area contributed by atoms with Gasteiger partial charge in [-0.25, -0.2) is 9.78 Å². The maximum Gasteiger partial charge on any atom is 0.331 e. The summed E-state index contributed by atoms with van der Waals surface area (Å²) in [5.41, 5.74) is -0.765. The van der Waals surface area contributed by atoms with Crippen molar-refractivity contribution in [3.63, 3.8) is 0 Å². The molecule has 1 fully saturated rings. The highest BCUT2D eigenvalue weighted by Crippen LogP contribution is 2.35. The number of thiophene rings is 1. The molecule has 3 heterocycles. The molecule has 0 saturated carbocycles. The molecule has 1 saturated heterocycles. The van der Waals surface area contributed by atoms with Crippen LogP contribution in [0.2, 0.25) is 0 Å². The predicted octanol–water partition coefficient (Wildman–Crippen LogP) is 1.13. The number of carboxylic acids is 1. The average Bonchev–Trinajstić information content (AvgIpc) is 3.20. The van der Waals surface area contributed by atoms with Crippen LogP contribution >= 0.6 is 11.3 Å². The van der Waals surface area contributed by atoms with E-state index in [2.05, 4.69) is 15.3 Å². The molecule has 2 aromatic heterocycles. The number of aliphatic carboxylic acids is 1. The summed E-state index contributed by atoms with van der Waals surface area (Å²) >= 11 is 1.16. The van der Waals surface area contributed by atoms with Gasteiger partial charge in [0.25, 0.3) is 5.91 Å². The Bertz CT molecular complexity index is 859. The fraction of sp³-hybridized carbons (Fsp3) is 0.500. The smallest absolute Gasteiger partial charge is 0.331 e. The van der Waals surface area contributed by atoms with Crippen LogP contribution in [0.1, 0.15) is 27.5 Å². The number of fused-ring (bicyclic) bond motifs is 1. The van der Waals surface area contributed by atoms with Gasteiger partial charge in [-0.3, -0.25) is 4.79 Å². The lowest BCUT2D eigenvalue weighted by molar-refractivity contribution is -0.144. The first-order valence-electron chi connectivity index (χ1n) is 7.88. The molecule has 1 atom stereocenters.